The number of nitrogens with one attached hydrogen (secondary N) is 2. The molecule has 202 valence electrons. The fourth-order valence-corrected chi connectivity index (χ4v) is 3.86. The van der Waals surface area contributed by atoms with Crippen LogP contribution in [0, 0.1) is 0 Å². The van der Waals surface area contributed by atoms with E-state index in [1.165, 1.54) is 25.9 Å². The van der Waals surface area contributed by atoms with Crippen molar-refractivity contribution in [3.8, 4) is 11.1 Å². The number of rotatable bonds is 10. The monoisotopic (exact) mass is 536 g/mol. The Morgan fingerprint density at radius 3 is 2.42 bits per heavy atom. The fourth-order valence-electron chi connectivity index (χ4n) is 3.23. The van der Waals surface area contributed by atoms with Gasteiger partial charge in [-0.1, -0.05) is 54.7 Å². The van der Waals surface area contributed by atoms with Crippen LogP contribution in [0.15, 0.2) is 89.9 Å². The van der Waals surface area contributed by atoms with E-state index in [1.807, 2.05) is 54.8 Å². The van der Waals surface area contributed by atoms with Crippen molar-refractivity contribution in [2.24, 2.45) is 5.73 Å². The van der Waals surface area contributed by atoms with E-state index in [0.29, 0.717) is 16.3 Å². The van der Waals surface area contributed by atoms with Gasteiger partial charge in [0.15, 0.2) is 0 Å². The van der Waals surface area contributed by atoms with Crippen LogP contribution in [-0.2, 0) is 20.7 Å². The van der Waals surface area contributed by atoms with E-state index < -0.39 is 0 Å². The molecule has 1 heterocycles. The lowest BCUT2D eigenvalue weighted by Crippen LogP contribution is -2.35. The minimum Gasteiger partial charge on any atom is -0.469 e. The van der Waals surface area contributed by atoms with Gasteiger partial charge in [0.25, 0.3) is 5.91 Å². The molecular formula is C29H36N4O4S. The van der Waals surface area contributed by atoms with Gasteiger partial charge < -0.3 is 21.1 Å². The highest BCUT2D eigenvalue weighted by atomic mass is 32.2. The Morgan fingerprint density at radius 2 is 1.71 bits per heavy atom. The number of aromatic nitrogens is 1. The molecule has 9 heteroatoms. The average molecular weight is 537 g/mol. The second-order valence-corrected chi connectivity index (χ2v) is 8.77. The van der Waals surface area contributed by atoms with Gasteiger partial charge in [-0.05, 0) is 72.0 Å². The molecule has 0 saturated carbocycles. The molecule has 4 N–H and O–H groups in total. The number of esters is 1. The van der Waals surface area contributed by atoms with Gasteiger partial charge in [-0.25, -0.2) is 0 Å². The summed E-state index contributed by atoms with van der Waals surface area (Å²) in [7, 11) is 2.85. The van der Waals surface area contributed by atoms with Gasteiger partial charge in [-0.15, -0.1) is 0 Å². The number of nitrogens with two attached hydrogens (primary N) is 1. The van der Waals surface area contributed by atoms with Gasteiger partial charge >= 0.3 is 5.97 Å². The number of hydrogen-bond acceptors (Lipinski definition) is 7. The van der Waals surface area contributed by atoms with Gasteiger partial charge in [0.05, 0.1) is 30.8 Å². The van der Waals surface area contributed by atoms with Crippen molar-refractivity contribution in [1.29, 1.82) is 0 Å². The van der Waals surface area contributed by atoms with E-state index in [9.17, 15) is 14.4 Å². The molecule has 0 bridgehead atoms. The molecule has 0 atom stereocenters. The van der Waals surface area contributed by atoms with E-state index in [-0.39, 0.29) is 33.6 Å². The van der Waals surface area contributed by atoms with Crippen molar-refractivity contribution in [3.63, 3.8) is 0 Å². The Balaban J connectivity index is 0.00000372. The third-order valence-corrected chi connectivity index (χ3v) is 5.98. The maximum absolute atomic E-state index is 12.2. The summed E-state index contributed by atoms with van der Waals surface area (Å²) in [5.41, 5.74) is 9.55. The Hall–Kier alpha value is -4.21. The lowest BCUT2D eigenvalue weighted by molar-refractivity contribution is -0.139. The molecule has 0 radical (unpaired) electrons. The van der Waals surface area contributed by atoms with Crippen LogP contribution < -0.4 is 16.4 Å². The van der Waals surface area contributed by atoms with Crippen LogP contribution in [0.5, 0.6) is 0 Å². The van der Waals surface area contributed by atoms with E-state index >= 15 is 0 Å². The number of thioether (sulfide) groups is 1. The zero-order valence-electron chi connectivity index (χ0n) is 21.7. The molecule has 0 aliphatic rings. The highest BCUT2D eigenvalue weighted by Crippen LogP contribution is 2.26. The largest absolute Gasteiger partial charge is 0.469 e. The number of allylic oxidation sites excluding steroid dienone is 1. The van der Waals surface area contributed by atoms with E-state index in [2.05, 4.69) is 27.9 Å². The highest BCUT2D eigenvalue weighted by molar-refractivity contribution is 8.05. The van der Waals surface area contributed by atoms with Crippen LogP contribution in [0.2, 0.25) is 0 Å². The molecule has 0 saturated heterocycles. The Kier molecular flexibility index (Phi) is 12.5. The van der Waals surface area contributed by atoms with E-state index in [4.69, 9.17) is 4.74 Å². The summed E-state index contributed by atoms with van der Waals surface area (Å²) >= 11 is 1.29. The molecule has 38 heavy (non-hydrogen) atoms. The van der Waals surface area contributed by atoms with Crippen molar-refractivity contribution in [2.45, 2.75) is 13.3 Å². The van der Waals surface area contributed by atoms with E-state index in [0.717, 1.165) is 22.3 Å². The number of nitrogens with zero attached hydrogens (tertiary/aromatic N) is 1. The molecule has 0 spiro atoms. The summed E-state index contributed by atoms with van der Waals surface area (Å²) < 4.78 is 4.72. The van der Waals surface area contributed by atoms with Crippen LogP contribution in [0.25, 0.3) is 16.7 Å². The van der Waals surface area contributed by atoms with Crippen molar-refractivity contribution in [3.05, 3.63) is 107 Å². The van der Waals surface area contributed by atoms with Crippen molar-refractivity contribution in [1.82, 2.24) is 15.6 Å². The topological polar surface area (TPSA) is 123 Å². The molecule has 1 aromatic heterocycles. The number of carbonyl (C=O) groups is 3. The second kappa shape index (κ2) is 15.8. The number of carbonyl (C=O) groups excluding carboxylic acids is 3. The van der Waals surface area contributed by atoms with Crippen LogP contribution in [0.3, 0.4) is 0 Å². The SMILES string of the molecule is C=C(NC(=O)CNC(=O)c1ccccc1)S/C=C(\C)c1cccc(-c2ccnc(CC(=O)OC)c2)c1.CN.[HH].[HH]. The number of amides is 2. The predicted octanol–water partition coefficient (Wildman–Crippen LogP) is 4.64. The smallest absolute Gasteiger partial charge is 0.311 e. The Morgan fingerprint density at radius 1 is 1.03 bits per heavy atom. The molecule has 0 aliphatic carbocycles. The number of ether oxygens (including phenoxy) is 1. The Bertz CT molecular complexity index is 1300. The summed E-state index contributed by atoms with van der Waals surface area (Å²) in [6.07, 6.45) is 1.79. The fraction of sp³-hybridized carbons (Fsp3) is 0.172. The quantitative estimate of drug-likeness (QED) is 0.323. The minimum atomic E-state index is -0.356. The standard InChI is InChI=1S/C28H27N3O4S.CH5N.2H2/c1-19(18-36-20(2)31-26(32)17-30-28(34)21-8-5-4-6-9-21)22-10-7-11-23(14-22)24-12-13-29-25(15-24)16-27(33)35-3;1-2;;/h4-15,18H,2,16-17H2,1,3H3,(H,30,34)(H,31,32);2H2,1H3;2*1H/b19-18+;;;. The third kappa shape index (κ3) is 9.68. The minimum absolute atomic E-state index is 0. The first kappa shape index (κ1) is 30.0. The van der Waals surface area contributed by atoms with Gasteiger partial charge in [0, 0.05) is 14.6 Å². The summed E-state index contributed by atoms with van der Waals surface area (Å²) in [6.45, 7) is 5.70. The Labute approximate surface area is 230 Å². The van der Waals surface area contributed by atoms with Crippen LogP contribution >= 0.6 is 11.8 Å². The molecule has 2 amide bonds. The van der Waals surface area contributed by atoms with Crippen LogP contribution in [-0.4, -0.2) is 43.5 Å². The van der Waals surface area contributed by atoms with Crippen molar-refractivity contribution < 1.29 is 22.0 Å². The van der Waals surface area contributed by atoms with Gasteiger partial charge in [-0.2, -0.15) is 0 Å². The summed E-state index contributed by atoms with van der Waals surface area (Å²) in [5, 5.41) is 7.62. The number of methoxy groups -OCH3 is 1. The van der Waals surface area contributed by atoms with Crippen molar-refractivity contribution >= 4 is 35.1 Å². The lowest BCUT2D eigenvalue weighted by atomic mass is 10.0. The number of hydrogen-bond donors (Lipinski definition) is 3. The zero-order valence-corrected chi connectivity index (χ0v) is 22.5. The van der Waals surface area contributed by atoms with Crippen LogP contribution in [0.1, 0.15) is 31.4 Å². The molecule has 2 aromatic carbocycles. The second-order valence-electron chi connectivity index (χ2n) is 7.81. The zero-order chi connectivity index (χ0) is 27.9. The molecule has 8 nitrogen and oxygen atoms in total. The summed E-state index contributed by atoms with van der Waals surface area (Å²) in [6, 6.07) is 20.5. The number of benzene rings is 2. The first-order valence-corrected chi connectivity index (χ1v) is 12.6. The first-order chi connectivity index (χ1) is 18.4. The van der Waals surface area contributed by atoms with Gasteiger partial charge in [-0.3, -0.25) is 19.4 Å². The maximum Gasteiger partial charge on any atom is 0.311 e. The summed E-state index contributed by atoms with van der Waals surface area (Å²) in [5.74, 6) is -1.01. The highest BCUT2D eigenvalue weighted by Gasteiger charge is 2.09. The third-order valence-electron chi connectivity index (χ3n) is 5.12. The van der Waals surface area contributed by atoms with Crippen molar-refractivity contribution in [2.75, 3.05) is 20.7 Å². The van der Waals surface area contributed by atoms with Gasteiger partial charge in [0.2, 0.25) is 5.91 Å². The van der Waals surface area contributed by atoms with Gasteiger partial charge in [0.1, 0.15) is 0 Å². The van der Waals surface area contributed by atoms with E-state index in [1.54, 1.807) is 30.5 Å². The molecule has 0 aliphatic heterocycles. The molecule has 0 fully saturated rings. The number of pyridine rings is 1. The predicted molar refractivity (Wildman–Crippen MR) is 157 cm³/mol. The lowest BCUT2D eigenvalue weighted by Gasteiger charge is -2.09. The average Bonchev–Trinajstić information content (AvgIpc) is 2.96. The molecule has 0 unspecified atom stereocenters. The normalized spacial score (nSPS) is 10.5. The first-order valence-electron chi connectivity index (χ1n) is 11.7. The molecule has 3 rings (SSSR count). The van der Waals surface area contributed by atoms with Crippen LogP contribution in [0.4, 0.5) is 0 Å². The summed E-state index contributed by atoms with van der Waals surface area (Å²) in [4.78, 5) is 40.0. The molecule has 3 aromatic rings. The maximum atomic E-state index is 12.2. The molecular weight excluding hydrogens is 500 g/mol.